The van der Waals surface area contributed by atoms with E-state index < -0.39 is 75.4 Å². The van der Waals surface area contributed by atoms with Crippen molar-refractivity contribution in [2.45, 2.75) is 55.2 Å². The van der Waals surface area contributed by atoms with Crippen molar-refractivity contribution >= 4 is 39.8 Å². The van der Waals surface area contributed by atoms with Crippen LogP contribution in [0.4, 0.5) is 3.89 Å². The molecule has 1 aliphatic heterocycles. The highest BCUT2D eigenvalue weighted by molar-refractivity contribution is 7.86. The van der Waals surface area contributed by atoms with Crippen LogP contribution in [0.2, 0.25) is 0 Å². The zero-order valence-electron chi connectivity index (χ0n) is 25.0. The summed E-state index contributed by atoms with van der Waals surface area (Å²) in [6, 6.07) is 7.63. The third-order valence-electron chi connectivity index (χ3n) is 7.39. The maximum Gasteiger partial charge on any atom is 0.332 e. The van der Waals surface area contributed by atoms with Crippen LogP contribution in [0.1, 0.15) is 35.7 Å². The fourth-order valence-corrected chi connectivity index (χ4v) is 5.27. The summed E-state index contributed by atoms with van der Waals surface area (Å²) in [6.45, 7) is 1.23. The molecule has 1 fully saturated rings. The fraction of sp³-hybridized carbons (Fsp3) is 0.414. The van der Waals surface area contributed by atoms with Crippen molar-refractivity contribution in [3.8, 4) is 5.75 Å². The molecule has 0 aromatic heterocycles. The predicted octanol–water partition coefficient (Wildman–Crippen LogP) is -0.620. The number of carbonyl (C=O) groups is 5. The second-order valence-electron chi connectivity index (χ2n) is 10.4. The third kappa shape index (κ3) is 9.21. The van der Waals surface area contributed by atoms with Crippen LogP contribution < -0.4 is 31.7 Å². The van der Waals surface area contributed by atoms with Gasteiger partial charge in [-0.3, -0.25) is 24.0 Å². The third-order valence-corrected chi connectivity index (χ3v) is 8.20. The van der Waals surface area contributed by atoms with E-state index in [-0.39, 0.29) is 30.7 Å². The van der Waals surface area contributed by atoms with Gasteiger partial charge in [0.15, 0.2) is 0 Å². The Morgan fingerprint density at radius 1 is 1.07 bits per heavy atom. The van der Waals surface area contributed by atoms with E-state index >= 15 is 0 Å². The van der Waals surface area contributed by atoms with Crippen molar-refractivity contribution in [1.82, 2.24) is 26.2 Å². The fourth-order valence-electron chi connectivity index (χ4n) is 4.78. The molecule has 2 aromatic rings. The minimum absolute atomic E-state index is 0.0635. The van der Waals surface area contributed by atoms with Crippen LogP contribution in [0.25, 0.3) is 0 Å². The van der Waals surface area contributed by atoms with Gasteiger partial charge in [-0.2, -0.15) is 8.42 Å². The number of methoxy groups -OCH3 is 1. The molecule has 0 unspecified atom stereocenters. The van der Waals surface area contributed by atoms with Crippen LogP contribution in [0, 0.1) is 0 Å². The molecule has 0 spiro atoms. The number of ether oxygens (including phenoxy) is 1. The van der Waals surface area contributed by atoms with E-state index in [4.69, 9.17) is 10.5 Å². The number of nitrogens with two attached hydrogens (primary N) is 1. The number of likely N-dealkylation sites (tertiary alicyclic amines) is 1. The summed E-state index contributed by atoms with van der Waals surface area (Å²) in [5.74, 6) is -3.59. The lowest BCUT2D eigenvalue weighted by molar-refractivity contribution is -0.142. The van der Waals surface area contributed by atoms with Gasteiger partial charge >= 0.3 is 10.2 Å². The Morgan fingerprint density at radius 2 is 1.76 bits per heavy atom. The van der Waals surface area contributed by atoms with Gasteiger partial charge < -0.3 is 36.6 Å². The van der Waals surface area contributed by atoms with Crippen LogP contribution in [0.5, 0.6) is 5.75 Å². The van der Waals surface area contributed by atoms with Gasteiger partial charge in [0.2, 0.25) is 23.6 Å². The van der Waals surface area contributed by atoms with Crippen molar-refractivity contribution in [2.75, 3.05) is 27.2 Å². The average molecular weight is 649 g/mol. The first-order valence-electron chi connectivity index (χ1n) is 14.1. The first-order chi connectivity index (χ1) is 21.3. The highest BCUT2D eigenvalue weighted by atomic mass is 32.3. The number of nitrogens with zero attached hydrogens (tertiary/aromatic N) is 1. The molecule has 1 heterocycles. The first kappa shape index (κ1) is 34.9. The number of amides is 5. The normalized spacial score (nSPS) is 16.6. The van der Waals surface area contributed by atoms with Gasteiger partial charge in [-0.15, -0.1) is 3.89 Å². The SMILES string of the molecule is CN[C@@H](C)C(=O)N[C@@H](CNC(=O)c1cc(S(=O)(=O)F)ccc1OC)C(=O)N1CCC[C@H]1C(=O)N[C@@H](Cc1ccccc1)C(N)=O. The Hall–Kier alpha value is -4.57. The number of likely N-dealkylation sites (N-methyl/N-ethyl adjacent to an activating group) is 1. The number of halogens is 1. The summed E-state index contributed by atoms with van der Waals surface area (Å²) in [5, 5.41) is 10.4. The molecular formula is C29H37FN6O8S. The highest BCUT2D eigenvalue weighted by Crippen LogP contribution is 2.24. The number of hydrogen-bond acceptors (Lipinski definition) is 9. The molecule has 0 saturated carbocycles. The monoisotopic (exact) mass is 648 g/mol. The van der Waals surface area contributed by atoms with Gasteiger partial charge in [0.1, 0.15) is 23.9 Å². The average Bonchev–Trinajstić information content (AvgIpc) is 3.51. The molecule has 4 atom stereocenters. The summed E-state index contributed by atoms with van der Waals surface area (Å²) in [6.07, 6.45) is 0.866. The largest absolute Gasteiger partial charge is 0.496 e. The van der Waals surface area contributed by atoms with E-state index in [0.29, 0.717) is 6.42 Å². The number of benzene rings is 2. The minimum atomic E-state index is -5.14. The van der Waals surface area contributed by atoms with E-state index in [1.807, 2.05) is 0 Å². The van der Waals surface area contributed by atoms with Gasteiger partial charge in [-0.1, -0.05) is 30.3 Å². The number of rotatable bonds is 14. The summed E-state index contributed by atoms with van der Waals surface area (Å²) in [7, 11) is -2.38. The van der Waals surface area contributed by atoms with E-state index in [2.05, 4.69) is 21.3 Å². The summed E-state index contributed by atoms with van der Waals surface area (Å²) >= 11 is 0. The molecule has 0 aliphatic carbocycles. The lowest BCUT2D eigenvalue weighted by Crippen LogP contribution is -2.59. The Labute approximate surface area is 260 Å². The van der Waals surface area contributed by atoms with Crippen molar-refractivity contribution in [3.63, 3.8) is 0 Å². The van der Waals surface area contributed by atoms with Crippen molar-refractivity contribution in [1.29, 1.82) is 0 Å². The maximum atomic E-state index is 13.8. The van der Waals surface area contributed by atoms with E-state index in [1.165, 1.54) is 19.1 Å². The van der Waals surface area contributed by atoms with E-state index in [9.17, 15) is 36.3 Å². The van der Waals surface area contributed by atoms with E-state index in [0.717, 1.165) is 23.8 Å². The zero-order valence-corrected chi connectivity index (χ0v) is 25.9. The van der Waals surface area contributed by atoms with Crippen LogP contribution in [-0.2, 0) is 35.8 Å². The van der Waals surface area contributed by atoms with Crippen molar-refractivity contribution < 1.29 is 41.0 Å². The van der Waals surface area contributed by atoms with E-state index in [1.54, 1.807) is 37.3 Å². The summed E-state index contributed by atoms with van der Waals surface area (Å²) < 4.78 is 41.5. The molecule has 16 heteroatoms. The van der Waals surface area contributed by atoms with Gasteiger partial charge in [0, 0.05) is 19.5 Å². The lowest BCUT2D eigenvalue weighted by atomic mass is 10.0. The van der Waals surface area contributed by atoms with Crippen molar-refractivity contribution in [3.05, 3.63) is 59.7 Å². The number of primary amides is 1. The molecular weight excluding hydrogens is 611 g/mol. The second kappa shape index (κ2) is 15.4. The van der Waals surface area contributed by atoms with Gasteiger partial charge in [-0.05, 0) is 50.6 Å². The van der Waals surface area contributed by atoms with Crippen molar-refractivity contribution in [2.24, 2.45) is 5.73 Å². The lowest BCUT2D eigenvalue weighted by Gasteiger charge is -2.30. The van der Waals surface area contributed by atoms with Crippen LogP contribution in [0.15, 0.2) is 53.4 Å². The van der Waals surface area contributed by atoms with Gasteiger partial charge in [-0.25, -0.2) is 0 Å². The first-order valence-corrected chi connectivity index (χ1v) is 15.5. The molecule has 6 N–H and O–H groups in total. The Kier molecular flexibility index (Phi) is 12.0. The Balaban J connectivity index is 1.81. The van der Waals surface area contributed by atoms with Gasteiger partial charge in [0.25, 0.3) is 5.91 Å². The number of hydrogen-bond donors (Lipinski definition) is 5. The molecule has 14 nitrogen and oxygen atoms in total. The maximum absolute atomic E-state index is 13.8. The predicted molar refractivity (Wildman–Crippen MR) is 160 cm³/mol. The second-order valence-corrected chi connectivity index (χ2v) is 11.8. The Bertz CT molecular complexity index is 1520. The minimum Gasteiger partial charge on any atom is -0.496 e. The molecule has 2 aromatic carbocycles. The molecule has 244 valence electrons. The molecule has 0 radical (unpaired) electrons. The molecule has 3 rings (SSSR count). The number of carbonyl (C=O) groups excluding carboxylic acids is 5. The van der Waals surface area contributed by atoms with Gasteiger partial charge in [0.05, 0.1) is 23.6 Å². The molecule has 1 saturated heterocycles. The van der Waals surface area contributed by atoms with Crippen LogP contribution >= 0.6 is 0 Å². The molecule has 45 heavy (non-hydrogen) atoms. The smallest absolute Gasteiger partial charge is 0.332 e. The number of nitrogens with one attached hydrogen (secondary N) is 4. The summed E-state index contributed by atoms with van der Waals surface area (Å²) in [5.41, 5.74) is 5.99. The topological polar surface area (TPSA) is 206 Å². The van der Waals surface area contributed by atoms with Crippen LogP contribution in [0.3, 0.4) is 0 Å². The molecule has 0 bridgehead atoms. The van der Waals surface area contributed by atoms with Crippen LogP contribution in [-0.4, -0.2) is 94.3 Å². The Morgan fingerprint density at radius 3 is 2.36 bits per heavy atom. The standard InChI is InChI=1S/C29H37FN6O8S/c1-17(32-2)26(38)35-22(16-33-27(39)20-15-19(45(30,42)43)11-12-24(20)44-3)29(41)36-13-7-10-23(36)28(40)34-21(25(31)37)14-18-8-5-4-6-9-18/h4-6,8-9,11-12,15,17,21-23,32H,7,10,13-14,16H2,1-3H3,(H2,31,37)(H,33,39)(H,34,40)(H,35,38)/t17-,21-,22-,23-/m0/s1. The molecule has 1 aliphatic rings. The zero-order chi connectivity index (χ0) is 33.3. The quantitative estimate of drug-likeness (QED) is 0.165. The highest BCUT2D eigenvalue weighted by Gasteiger charge is 2.39. The summed E-state index contributed by atoms with van der Waals surface area (Å²) in [4.78, 5) is 65.6. The molecule has 5 amide bonds.